The minimum Gasteiger partial charge on any atom is -0.456 e. The first-order valence-electron chi connectivity index (χ1n) is 17.1. The van der Waals surface area contributed by atoms with Crippen LogP contribution in [0.15, 0.2) is 179 Å². The van der Waals surface area contributed by atoms with Gasteiger partial charge in [0.1, 0.15) is 16.7 Å². The monoisotopic (exact) mass is 668 g/mol. The molecule has 10 aromatic rings. The van der Waals surface area contributed by atoms with Crippen LogP contribution in [0, 0.1) is 0 Å². The van der Waals surface area contributed by atoms with Gasteiger partial charge in [-0.3, -0.25) is 0 Å². The van der Waals surface area contributed by atoms with Crippen molar-refractivity contribution in [3.63, 3.8) is 0 Å². The minimum absolute atomic E-state index is 0.603. The highest BCUT2D eigenvalue weighted by atomic mass is 16.3. The van der Waals surface area contributed by atoms with Crippen LogP contribution in [-0.4, -0.2) is 19.9 Å². The number of fused-ring (bicyclic) bond motifs is 4. The second-order valence-electron chi connectivity index (χ2n) is 12.7. The Bertz CT molecular complexity index is 2860. The van der Waals surface area contributed by atoms with Gasteiger partial charge in [0, 0.05) is 33.0 Å². The first-order chi connectivity index (χ1) is 25.7. The molecule has 3 aromatic heterocycles. The Morgan fingerprint density at radius 3 is 1.60 bits per heavy atom. The Labute approximate surface area is 298 Å². The van der Waals surface area contributed by atoms with Crippen molar-refractivity contribution in [2.75, 3.05) is 0 Å². The molecule has 10 rings (SSSR count). The molecular weight excluding hydrogens is 641 g/mol. The van der Waals surface area contributed by atoms with Crippen molar-refractivity contribution in [3.8, 4) is 67.9 Å². The molecule has 6 heteroatoms. The number of hydrogen-bond acceptors (Lipinski definition) is 6. The number of para-hydroxylation sites is 3. The molecule has 0 aliphatic carbocycles. The number of rotatable bonds is 6. The van der Waals surface area contributed by atoms with E-state index in [9.17, 15) is 0 Å². The molecule has 0 aliphatic rings. The predicted molar refractivity (Wildman–Crippen MR) is 207 cm³/mol. The fourth-order valence-corrected chi connectivity index (χ4v) is 6.80. The molecule has 7 aromatic carbocycles. The van der Waals surface area contributed by atoms with E-state index in [1.165, 1.54) is 0 Å². The zero-order valence-electron chi connectivity index (χ0n) is 27.8. The Kier molecular flexibility index (Phi) is 7.03. The second-order valence-corrected chi connectivity index (χ2v) is 12.7. The van der Waals surface area contributed by atoms with Crippen molar-refractivity contribution >= 4 is 33.0 Å². The van der Waals surface area contributed by atoms with Crippen molar-refractivity contribution in [1.82, 2.24) is 19.9 Å². The molecule has 52 heavy (non-hydrogen) atoms. The van der Waals surface area contributed by atoms with Gasteiger partial charge in [0.05, 0.1) is 0 Å². The fraction of sp³-hybridized carbons (Fsp3) is 0. The maximum Gasteiger partial charge on any atom is 0.227 e. The number of furan rings is 1. The van der Waals surface area contributed by atoms with E-state index >= 15 is 0 Å². The predicted octanol–water partition coefficient (Wildman–Crippen LogP) is 11.9. The lowest BCUT2D eigenvalue weighted by Gasteiger charge is -2.10. The summed E-state index contributed by atoms with van der Waals surface area (Å²) in [5.41, 5.74) is 11.4. The van der Waals surface area contributed by atoms with Crippen LogP contribution in [0.4, 0.5) is 0 Å². The first kappa shape index (κ1) is 29.7. The lowest BCUT2D eigenvalue weighted by molar-refractivity contribution is 0.620. The Morgan fingerprint density at radius 2 is 0.865 bits per heavy atom. The van der Waals surface area contributed by atoms with Crippen molar-refractivity contribution < 1.29 is 8.83 Å². The van der Waals surface area contributed by atoms with E-state index in [1.807, 2.05) is 97.1 Å². The molecule has 0 bridgehead atoms. The molecule has 0 radical (unpaired) electrons. The van der Waals surface area contributed by atoms with Gasteiger partial charge in [0.25, 0.3) is 0 Å². The van der Waals surface area contributed by atoms with Crippen LogP contribution < -0.4 is 0 Å². The number of aromatic nitrogens is 4. The molecular formula is C46H28N4O2. The molecule has 0 saturated carbocycles. The summed E-state index contributed by atoms with van der Waals surface area (Å²) in [5, 5.41) is 2.22. The molecule has 0 aliphatic heterocycles. The molecule has 6 nitrogen and oxygen atoms in total. The number of hydrogen-bond donors (Lipinski definition) is 0. The fourth-order valence-electron chi connectivity index (χ4n) is 6.80. The van der Waals surface area contributed by atoms with E-state index in [0.29, 0.717) is 23.4 Å². The number of nitrogens with zero attached hydrogens (tertiary/aromatic N) is 4. The normalized spacial score (nSPS) is 11.5. The summed E-state index contributed by atoms with van der Waals surface area (Å²) in [5.74, 6) is 2.44. The summed E-state index contributed by atoms with van der Waals surface area (Å²) in [7, 11) is 0. The van der Waals surface area contributed by atoms with E-state index in [4.69, 9.17) is 23.8 Å². The van der Waals surface area contributed by atoms with Crippen LogP contribution in [0.2, 0.25) is 0 Å². The minimum atomic E-state index is 0.603. The van der Waals surface area contributed by atoms with E-state index in [-0.39, 0.29) is 0 Å². The topological polar surface area (TPSA) is 77.8 Å². The quantitative estimate of drug-likeness (QED) is 0.175. The summed E-state index contributed by atoms with van der Waals surface area (Å²) >= 11 is 0. The van der Waals surface area contributed by atoms with Gasteiger partial charge in [-0.1, -0.05) is 133 Å². The Balaban J connectivity index is 1.00. The molecule has 0 saturated heterocycles. The largest absolute Gasteiger partial charge is 0.456 e. The van der Waals surface area contributed by atoms with Gasteiger partial charge in [0.2, 0.25) is 5.89 Å². The lowest BCUT2D eigenvalue weighted by Crippen LogP contribution is -2.00. The Hall–Kier alpha value is -7.18. The molecule has 0 unspecified atom stereocenters. The van der Waals surface area contributed by atoms with Gasteiger partial charge in [-0.2, -0.15) is 0 Å². The summed E-state index contributed by atoms with van der Waals surface area (Å²) in [6.07, 6.45) is 0. The number of oxazole rings is 1. The number of benzene rings is 7. The Morgan fingerprint density at radius 1 is 0.327 bits per heavy atom. The van der Waals surface area contributed by atoms with Crippen molar-refractivity contribution in [1.29, 1.82) is 0 Å². The molecule has 3 heterocycles. The molecule has 0 atom stereocenters. The van der Waals surface area contributed by atoms with Gasteiger partial charge in [-0.05, 0) is 58.7 Å². The van der Waals surface area contributed by atoms with Crippen molar-refractivity contribution in [3.05, 3.63) is 170 Å². The maximum absolute atomic E-state index is 6.15. The van der Waals surface area contributed by atoms with E-state index in [0.717, 1.165) is 77.5 Å². The summed E-state index contributed by atoms with van der Waals surface area (Å²) in [6, 6.07) is 57.2. The highest BCUT2D eigenvalue weighted by Crippen LogP contribution is 2.37. The molecule has 244 valence electrons. The smallest absolute Gasteiger partial charge is 0.227 e. The van der Waals surface area contributed by atoms with Gasteiger partial charge in [-0.25, -0.2) is 19.9 Å². The third-order valence-corrected chi connectivity index (χ3v) is 9.40. The van der Waals surface area contributed by atoms with Crippen LogP contribution in [0.3, 0.4) is 0 Å². The second kappa shape index (κ2) is 12.3. The average Bonchev–Trinajstić information content (AvgIpc) is 3.84. The van der Waals surface area contributed by atoms with Crippen LogP contribution in [-0.2, 0) is 0 Å². The average molecular weight is 669 g/mol. The van der Waals surface area contributed by atoms with E-state index in [2.05, 4.69) is 77.8 Å². The lowest BCUT2D eigenvalue weighted by atomic mass is 9.98. The highest BCUT2D eigenvalue weighted by molar-refractivity contribution is 6.12. The zero-order valence-corrected chi connectivity index (χ0v) is 27.8. The first-order valence-corrected chi connectivity index (χ1v) is 17.1. The standard InChI is InChI=1S/C46H28N4O2/c1-2-10-31(11-3-1)43-48-44(32-24-20-29(21-25-32)34-12-8-13-35(28-34)46-47-38-16-5-7-18-40(38)52-46)50-45(49-43)33-26-22-30(23-27-33)36-15-9-19-41-42(36)37-14-4-6-17-39(37)51-41/h1-28H. The van der Waals surface area contributed by atoms with Gasteiger partial charge >= 0.3 is 0 Å². The van der Waals surface area contributed by atoms with E-state index in [1.54, 1.807) is 0 Å². The van der Waals surface area contributed by atoms with Crippen molar-refractivity contribution in [2.24, 2.45) is 0 Å². The zero-order chi connectivity index (χ0) is 34.4. The molecule has 0 spiro atoms. The van der Waals surface area contributed by atoms with Gasteiger partial charge < -0.3 is 8.83 Å². The summed E-state index contributed by atoms with van der Waals surface area (Å²) in [6.45, 7) is 0. The summed E-state index contributed by atoms with van der Waals surface area (Å²) in [4.78, 5) is 19.6. The van der Waals surface area contributed by atoms with E-state index < -0.39 is 0 Å². The van der Waals surface area contributed by atoms with Gasteiger partial charge in [-0.15, -0.1) is 0 Å². The SMILES string of the molecule is c1ccc(-c2nc(-c3ccc(-c4cccc(-c5nc6ccccc6o5)c4)cc3)nc(-c3ccc(-c4cccc5oc6ccccc6c45)cc3)n2)cc1. The molecule has 0 fully saturated rings. The molecule has 0 amide bonds. The maximum atomic E-state index is 6.15. The third kappa shape index (κ3) is 5.30. The van der Waals surface area contributed by atoms with Crippen LogP contribution >= 0.6 is 0 Å². The van der Waals surface area contributed by atoms with Crippen LogP contribution in [0.25, 0.3) is 101 Å². The van der Waals surface area contributed by atoms with Crippen LogP contribution in [0.5, 0.6) is 0 Å². The van der Waals surface area contributed by atoms with Crippen LogP contribution in [0.1, 0.15) is 0 Å². The third-order valence-electron chi connectivity index (χ3n) is 9.40. The van der Waals surface area contributed by atoms with Crippen molar-refractivity contribution in [2.45, 2.75) is 0 Å². The highest BCUT2D eigenvalue weighted by Gasteiger charge is 2.16. The van der Waals surface area contributed by atoms with Gasteiger partial charge in [0.15, 0.2) is 23.1 Å². The molecule has 0 N–H and O–H groups in total. The summed E-state index contributed by atoms with van der Waals surface area (Å²) < 4.78 is 12.2.